The first-order chi connectivity index (χ1) is 13.0. The largest absolute Gasteiger partial charge is 0.329 e. The number of amides is 4. The smallest absolute Gasteiger partial charge is 0.289 e. The number of carbonyl (C=O) groups excluding carboxylic acids is 4. The number of nitrogens with one attached hydrogen (secondary N) is 2. The van der Waals surface area contributed by atoms with E-state index >= 15 is 0 Å². The van der Waals surface area contributed by atoms with Gasteiger partial charge in [-0.25, -0.2) is 9.78 Å². The third kappa shape index (κ3) is 14.6. The van der Waals surface area contributed by atoms with E-state index < -0.39 is 0 Å². The molecule has 0 saturated carbocycles. The molecule has 2 N–H and O–H groups in total. The van der Waals surface area contributed by atoms with Gasteiger partial charge in [-0.05, 0) is 11.3 Å². The maximum Gasteiger partial charge on any atom is 0.329 e. The van der Waals surface area contributed by atoms with E-state index in [1.165, 1.54) is 24.3 Å². The van der Waals surface area contributed by atoms with Gasteiger partial charge in [0.2, 0.25) is 0 Å². The van der Waals surface area contributed by atoms with Crippen LogP contribution in [0.4, 0.5) is 0 Å². The van der Waals surface area contributed by atoms with Crippen molar-refractivity contribution >= 4 is 23.6 Å². The minimum atomic E-state index is -0.329. The number of rotatable bonds is 2. The molecule has 0 aliphatic carbocycles. The molecule has 3 rings (SSSR count). The predicted octanol–water partition coefficient (Wildman–Crippen LogP) is -1.90. The summed E-state index contributed by atoms with van der Waals surface area (Å²) in [5, 5.41) is 32.6. The number of aromatic nitrogens is 3. The summed E-state index contributed by atoms with van der Waals surface area (Å²) < 4.78 is 0. The second-order valence-corrected chi connectivity index (χ2v) is 3.60. The lowest BCUT2D eigenvalue weighted by atomic mass is 10.6. The standard InChI is InChI=1S/2C4H3NO2.C3H3N3.C2N2O3/c2*6-3-1-2-4(7)5-3;1-2-4-6-5-3-1;3-1-5-7-6-2-4/h2*1-2H,(H,5,6,7);1-3H;. The molecular weight excluding hydrogens is 366 g/mol. The van der Waals surface area contributed by atoms with E-state index in [0.29, 0.717) is 0 Å². The van der Waals surface area contributed by atoms with Crippen LogP contribution >= 0.6 is 0 Å². The monoisotopic (exact) mass is 375 g/mol. The molecule has 4 amide bonds. The first-order valence-electron chi connectivity index (χ1n) is 6.41. The lowest BCUT2D eigenvalue weighted by Crippen LogP contribution is -2.19. The molecule has 14 nitrogen and oxygen atoms in total. The molecular formula is C13H9N7O7. The molecule has 0 spiro atoms. The predicted molar refractivity (Wildman–Crippen MR) is 78.9 cm³/mol. The van der Waals surface area contributed by atoms with Crippen molar-refractivity contribution in [2.24, 2.45) is 0 Å². The molecule has 2 aliphatic rings. The summed E-state index contributed by atoms with van der Waals surface area (Å²) in [6.45, 7) is 0. The summed E-state index contributed by atoms with van der Waals surface area (Å²) >= 11 is 0. The Bertz CT molecular complexity index is 672. The van der Waals surface area contributed by atoms with Crippen molar-refractivity contribution in [2.45, 2.75) is 0 Å². The first-order valence-corrected chi connectivity index (χ1v) is 6.41. The molecule has 2 aliphatic heterocycles. The molecule has 0 atom stereocenters. The summed E-state index contributed by atoms with van der Waals surface area (Å²) in [6, 6.07) is 1.72. The molecule has 138 valence electrons. The van der Waals surface area contributed by atoms with Crippen LogP contribution < -0.4 is 10.6 Å². The first kappa shape index (κ1) is 22.3. The van der Waals surface area contributed by atoms with Gasteiger partial charge < -0.3 is 0 Å². The van der Waals surface area contributed by atoms with E-state index in [0.717, 1.165) is 12.5 Å². The van der Waals surface area contributed by atoms with Crippen LogP contribution in [0.2, 0.25) is 0 Å². The van der Waals surface area contributed by atoms with Gasteiger partial charge in [0, 0.05) is 24.3 Å². The molecule has 27 heavy (non-hydrogen) atoms. The average Bonchev–Trinajstić information content (AvgIpc) is 3.25. The number of carbonyl (C=O) groups is 4. The van der Waals surface area contributed by atoms with Gasteiger partial charge in [0.25, 0.3) is 23.6 Å². The minimum Gasteiger partial charge on any atom is -0.289 e. The van der Waals surface area contributed by atoms with E-state index in [1.54, 1.807) is 18.5 Å². The highest BCUT2D eigenvalue weighted by Crippen LogP contribution is 1.83. The second-order valence-electron chi connectivity index (χ2n) is 3.60. The second kappa shape index (κ2) is 14.9. The maximum atomic E-state index is 10.0. The highest BCUT2D eigenvalue weighted by Gasteiger charge is 2.07. The lowest BCUT2D eigenvalue weighted by molar-refractivity contribution is -0.453. The van der Waals surface area contributed by atoms with Crippen LogP contribution in [0.5, 0.6) is 0 Å². The Morgan fingerprint density at radius 2 is 1.11 bits per heavy atom. The fourth-order valence-corrected chi connectivity index (χ4v) is 0.965. The van der Waals surface area contributed by atoms with Crippen LogP contribution in [0.25, 0.3) is 0 Å². The Kier molecular flexibility index (Phi) is 12.3. The lowest BCUT2D eigenvalue weighted by Gasteiger charge is -1.80. The van der Waals surface area contributed by atoms with Gasteiger partial charge in [-0.2, -0.15) is 0 Å². The van der Waals surface area contributed by atoms with Crippen LogP contribution in [0.3, 0.4) is 0 Å². The van der Waals surface area contributed by atoms with E-state index in [9.17, 15) is 19.2 Å². The molecule has 1 aromatic heterocycles. The normalized spacial score (nSPS) is 12.4. The molecule has 3 heterocycles. The summed E-state index contributed by atoms with van der Waals surface area (Å²) in [6.07, 6.45) is 10.1. The summed E-state index contributed by atoms with van der Waals surface area (Å²) in [4.78, 5) is 47.0. The maximum absolute atomic E-state index is 10.0. The highest BCUT2D eigenvalue weighted by molar-refractivity contribution is 6.13. The van der Waals surface area contributed by atoms with Gasteiger partial charge in [0.15, 0.2) is 0 Å². The van der Waals surface area contributed by atoms with E-state index in [4.69, 9.17) is 10.5 Å². The number of hydrogen-bond donors (Lipinski definition) is 2. The topological polar surface area (TPSA) is 206 Å². The number of nitriles is 2. The Labute approximate surface area is 150 Å². The molecule has 0 fully saturated rings. The van der Waals surface area contributed by atoms with E-state index in [2.05, 4.69) is 30.2 Å². The van der Waals surface area contributed by atoms with Crippen molar-refractivity contribution in [3.63, 3.8) is 0 Å². The third-order valence-electron chi connectivity index (χ3n) is 1.82. The van der Waals surface area contributed by atoms with Crippen LogP contribution in [0.1, 0.15) is 0 Å². The molecule has 0 radical (unpaired) electrons. The molecule has 0 unspecified atom stereocenters. The summed E-state index contributed by atoms with van der Waals surface area (Å²) in [7, 11) is 0. The zero-order valence-electron chi connectivity index (χ0n) is 13.1. The minimum absolute atomic E-state index is 0.329. The zero-order valence-corrected chi connectivity index (χ0v) is 13.1. The summed E-state index contributed by atoms with van der Waals surface area (Å²) in [5.41, 5.74) is 0. The number of imide groups is 2. The van der Waals surface area contributed by atoms with Crippen molar-refractivity contribution in [3.05, 3.63) is 42.8 Å². The highest BCUT2D eigenvalue weighted by atomic mass is 17.5. The Hall–Kier alpha value is -4.69. The van der Waals surface area contributed by atoms with Crippen molar-refractivity contribution in [1.82, 2.24) is 26.0 Å². The molecule has 0 bridgehead atoms. The fraction of sp³-hybridized carbons (Fsp3) is 0. The van der Waals surface area contributed by atoms with E-state index in [1.807, 2.05) is 10.6 Å². The van der Waals surface area contributed by atoms with Crippen LogP contribution in [0, 0.1) is 23.0 Å². The van der Waals surface area contributed by atoms with Crippen LogP contribution in [-0.4, -0.2) is 39.0 Å². The average molecular weight is 375 g/mol. The zero-order chi connectivity index (χ0) is 20.3. The van der Waals surface area contributed by atoms with Gasteiger partial charge in [-0.3, -0.25) is 29.8 Å². The van der Waals surface area contributed by atoms with Crippen molar-refractivity contribution < 1.29 is 34.0 Å². The van der Waals surface area contributed by atoms with Crippen LogP contribution in [-0.2, 0) is 34.0 Å². The van der Waals surface area contributed by atoms with E-state index in [-0.39, 0.29) is 23.6 Å². The Morgan fingerprint density at radius 3 is 1.26 bits per heavy atom. The summed E-state index contributed by atoms with van der Waals surface area (Å²) in [5.74, 6) is -1.31. The van der Waals surface area contributed by atoms with Crippen molar-refractivity contribution in [3.8, 4) is 12.5 Å². The Balaban J connectivity index is 0.000000334. The molecule has 0 aromatic carbocycles. The SMILES string of the molecule is N#COOOC#N.O=C1C=CC(=O)N1.O=C1C=CC(=O)N1.c1cnnnc1. The van der Waals surface area contributed by atoms with Gasteiger partial charge in [-0.15, -0.1) is 20.7 Å². The van der Waals surface area contributed by atoms with Gasteiger partial charge in [-0.1, -0.05) is 0 Å². The molecule has 14 heteroatoms. The molecule has 0 saturated heterocycles. The quantitative estimate of drug-likeness (QED) is 0.191. The van der Waals surface area contributed by atoms with Crippen LogP contribution in [0.15, 0.2) is 42.8 Å². The van der Waals surface area contributed by atoms with Gasteiger partial charge in [0.1, 0.15) is 0 Å². The van der Waals surface area contributed by atoms with Gasteiger partial charge in [0.05, 0.1) is 17.4 Å². The number of nitrogens with zero attached hydrogens (tertiary/aromatic N) is 5. The number of hydrogen-bond acceptors (Lipinski definition) is 12. The fourth-order valence-electron chi connectivity index (χ4n) is 0.965. The van der Waals surface area contributed by atoms with Gasteiger partial charge >= 0.3 is 12.5 Å². The van der Waals surface area contributed by atoms with Crippen molar-refractivity contribution in [2.75, 3.05) is 0 Å². The van der Waals surface area contributed by atoms with Crippen molar-refractivity contribution in [1.29, 1.82) is 10.5 Å². The molecule has 1 aromatic rings. The third-order valence-corrected chi connectivity index (χ3v) is 1.82. The Morgan fingerprint density at radius 1 is 0.741 bits per heavy atom.